The Morgan fingerprint density at radius 1 is 1.00 bits per heavy atom. The third kappa shape index (κ3) is 4.83. The number of aromatic amines is 1. The number of nitrogens with two attached hydrogens (primary N) is 1. The molecule has 4 rings (SSSR count). The molecule has 0 saturated carbocycles. The second-order valence-electron chi connectivity index (χ2n) is 8.40. The number of aliphatic hydroxyl groups is 1. The van der Waals surface area contributed by atoms with Crippen LogP contribution in [0.5, 0.6) is 0 Å². The molecule has 0 aliphatic heterocycles. The molecule has 8 nitrogen and oxygen atoms in total. The molecule has 2 amide bonds. The molecule has 8 heteroatoms. The number of aromatic nitrogens is 2. The number of fused-ring (bicyclic) bond motifs is 1. The van der Waals surface area contributed by atoms with E-state index in [1.54, 1.807) is 60.9 Å². The van der Waals surface area contributed by atoms with E-state index < -0.39 is 24.0 Å². The van der Waals surface area contributed by atoms with E-state index in [1.807, 2.05) is 18.2 Å². The highest BCUT2D eigenvalue weighted by atomic mass is 16.3. The zero-order valence-corrected chi connectivity index (χ0v) is 19.0. The Labute approximate surface area is 197 Å². The van der Waals surface area contributed by atoms with Gasteiger partial charge in [-0.25, -0.2) is 15.8 Å². The summed E-state index contributed by atoms with van der Waals surface area (Å²) in [6, 6.07) is 20.1. The Balaban J connectivity index is 1.58. The molecule has 0 spiro atoms. The van der Waals surface area contributed by atoms with Crippen molar-refractivity contribution in [2.45, 2.75) is 31.9 Å². The Hall–Kier alpha value is -4.01. The van der Waals surface area contributed by atoms with Crippen LogP contribution in [0.4, 0.5) is 5.69 Å². The van der Waals surface area contributed by atoms with Gasteiger partial charge in [0.05, 0.1) is 29.1 Å². The number of imidazole rings is 1. The number of H-pyrrole nitrogens is 1. The number of hydrazine groups is 1. The lowest BCUT2D eigenvalue weighted by atomic mass is 9.98. The minimum atomic E-state index is -1.62. The number of carbonyl (C=O) groups is 2. The van der Waals surface area contributed by atoms with Gasteiger partial charge in [-0.1, -0.05) is 56.3 Å². The molecule has 5 N–H and O–H groups in total. The van der Waals surface area contributed by atoms with Gasteiger partial charge in [-0.3, -0.25) is 9.59 Å². The first-order valence-corrected chi connectivity index (χ1v) is 11.0. The van der Waals surface area contributed by atoms with Gasteiger partial charge in [0.1, 0.15) is 0 Å². The van der Waals surface area contributed by atoms with Crippen molar-refractivity contribution in [2.24, 2.45) is 5.84 Å². The summed E-state index contributed by atoms with van der Waals surface area (Å²) in [6.07, 6.45) is -0.0792. The highest BCUT2D eigenvalue weighted by Gasteiger charge is 2.32. The first-order chi connectivity index (χ1) is 16.3. The van der Waals surface area contributed by atoms with Gasteiger partial charge in [0.15, 0.2) is 6.10 Å². The second kappa shape index (κ2) is 9.86. The Bertz CT molecular complexity index is 1280. The summed E-state index contributed by atoms with van der Waals surface area (Å²) in [7, 11) is 0. The van der Waals surface area contributed by atoms with Crippen LogP contribution >= 0.6 is 0 Å². The number of benzene rings is 3. The number of hydrogen-bond acceptors (Lipinski definition) is 5. The van der Waals surface area contributed by atoms with Crippen LogP contribution in [-0.2, 0) is 4.79 Å². The molecule has 2 atom stereocenters. The molecule has 1 heterocycles. The summed E-state index contributed by atoms with van der Waals surface area (Å²) >= 11 is 0. The van der Waals surface area contributed by atoms with Crippen LogP contribution < -0.4 is 16.2 Å². The third-order valence-electron chi connectivity index (χ3n) is 5.77. The number of nitrogens with one attached hydrogen (secondary N) is 2. The topological polar surface area (TPSA) is 124 Å². The zero-order chi connectivity index (χ0) is 24.2. The monoisotopic (exact) mass is 457 g/mol. The zero-order valence-electron chi connectivity index (χ0n) is 19.0. The van der Waals surface area contributed by atoms with Crippen LogP contribution in [0.15, 0.2) is 79.1 Å². The molecule has 0 fully saturated rings. The van der Waals surface area contributed by atoms with Crippen LogP contribution in [0.25, 0.3) is 11.0 Å². The van der Waals surface area contributed by atoms with E-state index in [0.29, 0.717) is 28.2 Å². The van der Waals surface area contributed by atoms with E-state index >= 15 is 0 Å². The van der Waals surface area contributed by atoms with Crippen molar-refractivity contribution in [1.82, 2.24) is 15.3 Å². The van der Waals surface area contributed by atoms with Gasteiger partial charge in [-0.15, -0.1) is 0 Å². The predicted octanol–water partition coefficient (Wildman–Crippen LogP) is 3.43. The quantitative estimate of drug-likeness (QED) is 0.192. The van der Waals surface area contributed by atoms with Gasteiger partial charge in [-0.05, 0) is 47.4 Å². The number of carbonyl (C=O) groups excluding carboxylic acids is 2. The van der Waals surface area contributed by atoms with Crippen molar-refractivity contribution in [3.63, 3.8) is 0 Å². The third-order valence-corrected chi connectivity index (χ3v) is 5.77. The number of aliphatic hydroxyl groups excluding tert-OH is 1. The number of nitrogens with zero attached hydrogens (tertiary/aromatic N) is 2. The molecule has 0 bridgehead atoms. The molecule has 2 unspecified atom stereocenters. The largest absolute Gasteiger partial charge is 0.381 e. The van der Waals surface area contributed by atoms with Crippen molar-refractivity contribution < 1.29 is 14.7 Å². The molecule has 0 aliphatic rings. The van der Waals surface area contributed by atoms with E-state index in [4.69, 9.17) is 5.84 Å². The van der Waals surface area contributed by atoms with Crippen LogP contribution in [0.3, 0.4) is 0 Å². The number of rotatable bonds is 7. The van der Waals surface area contributed by atoms with E-state index in [-0.39, 0.29) is 0 Å². The molecule has 1 aromatic heterocycles. The number of anilines is 1. The van der Waals surface area contributed by atoms with Crippen molar-refractivity contribution in [3.8, 4) is 0 Å². The first kappa shape index (κ1) is 23.2. The van der Waals surface area contributed by atoms with Gasteiger partial charge in [0.2, 0.25) is 0 Å². The van der Waals surface area contributed by atoms with E-state index in [9.17, 15) is 14.7 Å². The summed E-state index contributed by atoms with van der Waals surface area (Å²) in [6.45, 7) is 4.15. The van der Waals surface area contributed by atoms with Gasteiger partial charge < -0.3 is 15.4 Å². The second-order valence-corrected chi connectivity index (χ2v) is 8.40. The lowest BCUT2D eigenvalue weighted by Gasteiger charge is -2.27. The fourth-order valence-corrected chi connectivity index (χ4v) is 3.73. The van der Waals surface area contributed by atoms with Crippen molar-refractivity contribution in [3.05, 3.63) is 95.8 Å². The molecule has 0 saturated heterocycles. The van der Waals surface area contributed by atoms with Gasteiger partial charge >= 0.3 is 0 Å². The summed E-state index contributed by atoms with van der Waals surface area (Å²) in [5, 5.41) is 14.7. The highest BCUT2D eigenvalue weighted by molar-refractivity contribution is 5.99. The fourth-order valence-electron chi connectivity index (χ4n) is 3.73. The summed E-state index contributed by atoms with van der Waals surface area (Å²) in [4.78, 5) is 33.3. The van der Waals surface area contributed by atoms with Crippen molar-refractivity contribution in [1.29, 1.82) is 0 Å². The Kier molecular flexibility index (Phi) is 6.72. The maximum Gasteiger partial charge on any atom is 0.272 e. The molecular weight excluding hydrogens is 430 g/mol. The summed E-state index contributed by atoms with van der Waals surface area (Å²) in [5.74, 6) is 5.25. The van der Waals surface area contributed by atoms with Crippen molar-refractivity contribution in [2.75, 3.05) is 5.01 Å². The highest BCUT2D eigenvalue weighted by Crippen LogP contribution is 2.23. The smallest absolute Gasteiger partial charge is 0.272 e. The SMILES string of the molecule is CC(C)c1ccc(C(=O)NC(c2ccccc2)C(O)C(=O)N(N)c2ccc3nc[nH]c3c2)cc1. The lowest BCUT2D eigenvalue weighted by Crippen LogP contribution is -2.50. The van der Waals surface area contributed by atoms with Crippen LogP contribution in [0.1, 0.15) is 47.3 Å². The van der Waals surface area contributed by atoms with Crippen LogP contribution in [0, 0.1) is 0 Å². The predicted molar refractivity (Wildman–Crippen MR) is 131 cm³/mol. The van der Waals surface area contributed by atoms with Crippen LogP contribution in [0.2, 0.25) is 0 Å². The first-order valence-electron chi connectivity index (χ1n) is 11.0. The molecule has 0 aliphatic carbocycles. The Morgan fingerprint density at radius 2 is 1.71 bits per heavy atom. The lowest BCUT2D eigenvalue weighted by molar-refractivity contribution is -0.128. The normalized spacial score (nSPS) is 13.0. The Morgan fingerprint density at radius 3 is 2.38 bits per heavy atom. The minimum absolute atomic E-state index is 0.338. The molecule has 0 radical (unpaired) electrons. The van der Waals surface area contributed by atoms with Crippen LogP contribution in [-0.4, -0.2) is 33.0 Å². The number of amides is 2. The van der Waals surface area contributed by atoms with Crippen molar-refractivity contribution >= 4 is 28.5 Å². The van der Waals surface area contributed by atoms with E-state index in [0.717, 1.165) is 16.1 Å². The van der Waals surface area contributed by atoms with Gasteiger partial charge in [-0.2, -0.15) is 0 Å². The molecule has 4 aromatic rings. The molecule has 174 valence electrons. The summed E-state index contributed by atoms with van der Waals surface area (Å²) < 4.78 is 0. The molecule has 34 heavy (non-hydrogen) atoms. The average molecular weight is 458 g/mol. The molecule has 3 aromatic carbocycles. The average Bonchev–Trinajstić information content (AvgIpc) is 3.34. The van der Waals surface area contributed by atoms with Gasteiger partial charge in [0, 0.05) is 5.56 Å². The molecular formula is C26H27N5O3. The van der Waals surface area contributed by atoms with Gasteiger partial charge in [0.25, 0.3) is 11.8 Å². The maximum absolute atomic E-state index is 13.1. The maximum atomic E-state index is 13.1. The van der Waals surface area contributed by atoms with E-state index in [2.05, 4.69) is 29.1 Å². The fraction of sp³-hybridized carbons (Fsp3) is 0.192. The number of hydrogen-bond donors (Lipinski definition) is 4. The van der Waals surface area contributed by atoms with E-state index in [1.165, 1.54) is 0 Å². The minimum Gasteiger partial charge on any atom is -0.381 e. The summed E-state index contributed by atoms with van der Waals surface area (Å²) in [5.41, 5.74) is 3.92. The standard InChI is InChI=1S/C26H27N5O3/c1-16(2)17-8-10-19(11-9-17)25(33)30-23(18-6-4-3-5-7-18)24(32)26(34)31(27)20-12-13-21-22(14-20)29-15-28-21/h3-16,23-24,32H,27H2,1-2H3,(H,28,29)(H,30,33).